The Hall–Kier alpha value is -0.870. The summed E-state index contributed by atoms with van der Waals surface area (Å²) < 4.78 is 0. The molecule has 2 fully saturated rings. The third-order valence-electron chi connectivity index (χ3n) is 4.25. The first-order valence-electron chi connectivity index (χ1n) is 7.10. The van der Waals surface area contributed by atoms with Crippen LogP contribution in [0.25, 0.3) is 0 Å². The standard InChI is InChI=1S/C14H25N3O/c1-3-17-6-4-12(5-7-17)8-16-14(18)11(2)13-9-15-10-13/h12,15H,3-10H2,1-2H3,(H,16,18). The lowest BCUT2D eigenvalue weighted by atomic mass is 9.96. The number of hydrogen-bond donors (Lipinski definition) is 2. The molecule has 4 heteroatoms. The third kappa shape index (κ3) is 3.33. The van der Waals surface area contributed by atoms with Crippen LogP contribution < -0.4 is 10.6 Å². The Labute approximate surface area is 110 Å². The number of carbonyl (C=O) groups excluding carboxylic acids is 1. The van der Waals surface area contributed by atoms with Crippen LogP contribution in [0, 0.1) is 5.92 Å². The molecule has 2 aliphatic rings. The summed E-state index contributed by atoms with van der Waals surface area (Å²) in [5.41, 5.74) is 2.17. The van der Waals surface area contributed by atoms with Gasteiger partial charge in [-0.2, -0.15) is 0 Å². The fourth-order valence-corrected chi connectivity index (χ4v) is 2.55. The van der Waals surface area contributed by atoms with Gasteiger partial charge in [0.15, 0.2) is 0 Å². The zero-order valence-corrected chi connectivity index (χ0v) is 11.6. The van der Waals surface area contributed by atoms with Crippen molar-refractivity contribution >= 4 is 5.91 Å². The largest absolute Gasteiger partial charge is 0.352 e. The Kier molecular flexibility index (Phi) is 4.78. The van der Waals surface area contributed by atoms with Crippen molar-refractivity contribution in [3.05, 3.63) is 11.1 Å². The van der Waals surface area contributed by atoms with Crippen molar-refractivity contribution in [1.29, 1.82) is 0 Å². The van der Waals surface area contributed by atoms with Gasteiger partial charge in [0, 0.05) is 25.2 Å². The molecule has 0 saturated carbocycles. The molecule has 0 unspecified atom stereocenters. The van der Waals surface area contributed by atoms with Crippen LogP contribution in [0.2, 0.25) is 0 Å². The van der Waals surface area contributed by atoms with Crippen LogP contribution in [-0.4, -0.2) is 50.1 Å². The van der Waals surface area contributed by atoms with Crippen molar-refractivity contribution in [3.63, 3.8) is 0 Å². The van der Waals surface area contributed by atoms with E-state index in [1.54, 1.807) is 0 Å². The van der Waals surface area contributed by atoms with Gasteiger partial charge in [-0.1, -0.05) is 6.92 Å². The Morgan fingerprint density at radius 2 is 2.06 bits per heavy atom. The zero-order chi connectivity index (χ0) is 13.0. The highest BCUT2D eigenvalue weighted by Gasteiger charge is 2.20. The molecule has 2 heterocycles. The Morgan fingerprint density at radius 1 is 1.39 bits per heavy atom. The molecule has 0 spiro atoms. The molecule has 2 rings (SSSR count). The van der Waals surface area contributed by atoms with Gasteiger partial charge in [-0.25, -0.2) is 0 Å². The van der Waals surface area contributed by atoms with Crippen molar-refractivity contribution in [3.8, 4) is 0 Å². The summed E-state index contributed by atoms with van der Waals surface area (Å²) >= 11 is 0. The van der Waals surface area contributed by atoms with Gasteiger partial charge in [-0.3, -0.25) is 4.79 Å². The van der Waals surface area contributed by atoms with Crippen LogP contribution >= 0.6 is 0 Å². The molecule has 102 valence electrons. The highest BCUT2D eigenvalue weighted by atomic mass is 16.1. The van der Waals surface area contributed by atoms with Crippen molar-refractivity contribution in [1.82, 2.24) is 15.5 Å². The summed E-state index contributed by atoms with van der Waals surface area (Å²) in [4.78, 5) is 14.4. The van der Waals surface area contributed by atoms with Crippen LogP contribution in [0.15, 0.2) is 11.1 Å². The number of amides is 1. The second-order valence-electron chi connectivity index (χ2n) is 5.42. The molecular weight excluding hydrogens is 226 g/mol. The summed E-state index contributed by atoms with van der Waals surface area (Å²) in [6, 6.07) is 0. The predicted octanol–water partition coefficient (Wildman–Crippen LogP) is 0.754. The molecule has 0 radical (unpaired) electrons. The lowest BCUT2D eigenvalue weighted by molar-refractivity contribution is -0.117. The minimum Gasteiger partial charge on any atom is -0.352 e. The third-order valence-corrected chi connectivity index (χ3v) is 4.25. The molecule has 18 heavy (non-hydrogen) atoms. The van der Waals surface area contributed by atoms with E-state index in [0.717, 1.165) is 31.8 Å². The molecule has 0 aliphatic carbocycles. The maximum Gasteiger partial charge on any atom is 0.246 e. The predicted molar refractivity (Wildman–Crippen MR) is 73.4 cm³/mol. The van der Waals surface area contributed by atoms with Gasteiger partial charge in [0.2, 0.25) is 5.91 Å². The van der Waals surface area contributed by atoms with E-state index in [4.69, 9.17) is 0 Å². The summed E-state index contributed by atoms with van der Waals surface area (Å²) in [5, 5.41) is 6.26. The number of hydrogen-bond acceptors (Lipinski definition) is 3. The number of piperidine rings is 1. The lowest BCUT2D eigenvalue weighted by Crippen LogP contribution is -2.40. The fraction of sp³-hybridized carbons (Fsp3) is 0.786. The van der Waals surface area contributed by atoms with E-state index >= 15 is 0 Å². The van der Waals surface area contributed by atoms with E-state index in [1.165, 1.54) is 31.5 Å². The zero-order valence-electron chi connectivity index (χ0n) is 11.6. The smallest absolute Gasteiger partial charge is 0.246 e. The van der Waals surface area contributed by atoms with Gasteiger partial charge in [0.25, 0.3) is 0 Å². The monoisotopic (exact) mass is 251 g/mol. The van der Waals surface area contributed by atoms with Gasteiger partial charge in [0.05, 0.1) is 0 Å². The quantitative estimate of drug-likeness (QED) is 0.725. The molecule has 0 bridgehead atoms. The summed E-state index contributed by atoms with van der Waals surface area (Å²) in [6.45, 7) is 10.3. The van der Waals surface area contributed by atoms with Crippen molar-refractivity contribution in [2.45, 2.75) is 26.7 Å². The van der Waals surface area contributed by atoms with E-state index < -0.39 is 0 Å². The van der Waals surface area contributed by atoms with Gasteiger partial charge in [0.1, 0.15) is 0 Å². The molecule has 2 aliphatic heterocycles. The maximum absolute atomic E-state index is 11.9. The van der Waals surface area contributed by atoms with Gasteiger partial charge >= 0.3 is 0 Å². The Morgan fingerprint density at radius 3 is 2.56 bits per heavy atom. The van der Waals surface area contributed by atoms with Crippen molar-refractivity contribution in [2.24, 2.45) is 5.92 Å². The van der Waals surface area contributed by atoms with Crippen LogP contribution in [0.1, 0.15) is 26.7 Å². The number of nitrogens with zero attached hydrogens (tertiary/aromatic N) is 1. The van der Waals surface area contributed by atoms with Gasteiger partial charge in [-0.05, 0) is 50.9 Å². The SMILES string of the molecule is CCN1CCC(CNC(=O)C(C)=C2CNC2)CC1. The van der Waals surface area contributed by atoms with Crippen molar-refractivity contribution < 1.29 is 4.79 Å². The lowest BCUT2D eigenvalue weighted by Gasteiger charge is -2.31. The van der Waals surface area contributed by atoms with E-state index in [-0.39, 0.29) is 5.91 Å². The molecule has 0 aromatic carbocycles. The minimum absolute atomic E-state index is 0.129. The fourth-order valence-electron chi connectivity index (χ4n) is 2.55. The van der Waals surface area contributed by atoms with E-state index in [9.17, 15) is 4.79 Å². The number of carbonyl (C=O) groups is 1. The first-order valence-corrected chi connectivity index (χ1v) is 7.10. The molecule has 0 atom stereocenters. The van der Waals surface area contributed by atoms with Gasteiger partial charge in [-0.15, -0.1) is 0 Å². The van der Waals surface area contributed by atoms with Crippen LogP contribution in [-0.2, 0) is 4.79 Å². The average molecular weight is 251 g/mol. The highest BCUT2D eigenvalue weighted by molar-refractivity contribution is 5.93. The number of likely N-dealkylation sites (tertiary alicyclic amines) is 1. The topological polar surface area (TPSA) is 44.4 Å². The highest BCUT2D eigenvalue weighted by Crippen LogP contribution is 2.16. The second kappa shape index (κ2) is 6.34. The van der Waals surface area contributed by atoms with E-state index in [0.29, 0.717) is 5.92 Å². The summed E-state index contributed by atoms with van der Waals surface area (Å²) in [5.74, 6) is 0.790. The first-order chi connectivity index (χ1) is 8.70. The Balaban J connectivity index is 1.70. The molecule has 2 saturated heterocycles. The van der Waals surface area contributed by atoms with Crippen LogP contribution in [0.5, 0.6) is 0 Å². The molecular formula is C14H25N3O. The minimum atomic E-state index is 0.129. The van der Waals surface area contributed by atoms with E-state index in [1.807, 2.05) is 6.92 Å². The van der Waals surface area contributed by atoms with Gasteiger partial charge < -0.3 is 15.5 Å². The number of nitrogens with one attached hydrogen (secondary N) is 2. The summed E-state index contributed by atoms with van der Waals surface area (Å²) in [7, 11) is 0. The molecule has 1 amide bonds. The van der Waals surface area contributed by atoms with E-state index in [2.05, 4.69) is 22.5 Å². The Bertz CT molecular complexity index is 324. The normalized spacial score (nSPS) is 21.6. The summed E-state index contributed by atoms with van der Waals surface area (Å²) in [6.07, 6.45) is 2.43. The second-order valence-corrected chi connectivity index (χ2v) is 5.42. The molecule has 0 aromatic rings. The van der Waals surface area contributed by atoms with Crippen LogP contribution in [0.4, 0.5) is 0 Å². The number of rotatable bonds is 4. The molecule has 0 aromatic heterocycles. The maximum atomic E-state index is 11.9. The first kappa shape index (κ1) is 13.6. The van der Waals surface area contributed by atoms with Crippen LogP contribution in [0.3, 0.4) is 0 Å². The molecule has 2 N–H and O–H groups in total. The average Bonchev–Trinajstić information content (AvgIpc) is 2.34. The molecule has 4 nitrogen and oxygen atoms in total. The van der Waals surface area contributed by atoms with Crippen molar-refractivity contribution in [2.75, 3.05) is 39.3 Å².